The van der Waals surface area contributed by atoms with Gasteiger partial charge < -0.3 is 9.72 Å². The first-order valence-electron chi connectivity index (χ1n) is 5.21. The number of aromatic amines is 1. The van der Waals surface area contributed by atoms with E-state index >= 15 is 0 Å². The number of nitrogens with one attached hydrogen (secondary N) is 1. The van der Waals surface area contributed by atoms with Crippen LogP contribution < -0.4 is 0 Å². The highest BCUT2D eigenvalue weighted by Gasteiger charge is 2.27. The lowest BCUT2D eigenvalue weighted by atomic mass is 10.1. The maximum absolute atomic E-state index is 12.1. The van der Waals surface area contributed by atoms with Gasteiger partial charge in [-0.2, -0.15) is 13.2 Å². The van der Waals surface area contributed by atoms with Crippen molar-refractivity contribution in [1.29, 1.82) is 0 Å². The van der Waals surface area contributed by atoms with Gasteiger partial charge in [0.2, 0.25) is 0 Å². The Kier molecular flexibility index (Phi) is 3.48. The van der Waals surface area contributed by atoms with Crippen LogP contribution in [0.5, 0.6) is 0 Å². The molecule has 2 rings (SSSR count). The molecule has 7 heteroatoms. The zero-order valence-corrected chi connectivity index (χ0v) is 9.75. The average molecular weight is 264 g/mol. The Morgan fingerprint density at radius 1 is 1.41 bits per heavy atom. The monoisotopic (exact) mass is 264 g/mol. The third-order valence-corrected chi connectivity index (χ3v) is 2.88. The smallest absolute Gasteiger partial charge is 0.376 e. The second kappa shape index (κ2) is 4.73. The van der Waals surface area contributed by atoms with E-state index in [1.54, 1.807) is 0 Å². The average Bonchev–Trinajstić information content (AvgIpc) is 2.26. The summed E-state index contributed by atoms with van der Waals surface area (Å²) in [5, 5.41) is 0. The van der Waals surface area contributed by atoms with E-state index in [4.69, 9.17) is 17.0 Å². The van der Waals surface area contributed by atoms with Gasteiger partial charge in [-0.05, 0) is 0 Å². The van der Waals surface area contributed by atoms with Crippen molar-refractivity contribution in [3.63, 3.8) is 0 Å². The molecule has 0 aromatic carbocycles. The van der Waals surface area contributed by atoms with E-state index in [0.717, 1.165) is 11.3 Å². The van der Waals surface area contributed by atoms with Crippen molar-refractivity contribution < 1.29 is 17.9 Å². The fraction of sp³-hybridized carbons (Fsp3) is 0.600. The lowest BCUT2D eigenvalue weighted by molar-refractivity contribution is -0.134. The molecule has 0 radical (unpaired) electrons. The fourth-order valence-electron chi connectivity index (χ4n) is 1.69. The summed E-state index contributed by atoms with van der Waals surface area (Å²) < 4.78 is 41.8. The van der Waals surface area contributed by atoms with Crippen LogP contribution in [0.3, 0.4) is 0 Å². The highest BCUT2D eigenvalue weighted by atomic mass is 32.1. The molecule has 1 aliphatic rings. The topological polar surface area (TPSA) is 37.9 Å². The number of aryl methyl sites for hydroxylation is 1. The van der Waals surface area contributed by atoms with E-state index < -0.39 is 12.6 Å². The number of nitrogens with zero attached hydrogens (tertiary/aromatic N) is 1. The van der Waals surface area contributed by atoms with Gasteiger partial charge in [-0.25, -0.2) is 4.98 Å². The molecule has 0 atom stereocenters. The first-order chi connectivity index (χ1) is 7.96. The second-order valence-electron chi connectivity index (χ2n) is 3.86. The summed E-state index contributed by atoms with van der Waals surface area (Å²) in [5.41, 5.74) is 1.65. The minimum atomic E-state index is -4.17. The standard InChI is InChI=1S/C10H11F3N2OS/c11-10(12,13)3-1-8-14-7-2-4-16-5-6(7)9(17)15-8/h1-5H2,(H,14,15,17). The summed E-state index contributed by atoms with van der Waals surface area (Å²) in [6.45, 7) is 0.943. The summed E-state index contributed by atoms with van der Waals surface area (Å²) >= 11 is 5.04. The van der Waals surface area contributed by atoms with Gasteiger partial charge in [0.25, 0.3) is 0 Å². The molecule has 0 saturated carbocycles. The van der Waals surface area contributed by atoms with Crippen LogP contribution in [0.1, 0.15) is 23.5 Å². The second-order valence-corrected chi connectivity index (χ2v) is 4.25. The van der Waals surface area contributed by atoms with Gasteiger partial charge in [0.05, 0.1) is 19.6 Å². The highest BCUT2D eigenvalue weighted by molar-refractivity contribution is 7.71. The summed E-state index contributed by atoms with van der Waals surface area (Å²) in [7, 11) is 0. The van der Waals surface area contributed by atoms with Crippen molar-refractivity contribution in [3.8, 4) is 0 Å². The number of halogens is 3. The molecular weight excluding hydrogens is 253 g/mol. The van der Waals surface area contributed by atoms with E-state index in [1.807, 2.05) is 0 Å². The van der Waals surface area contributed by atoms with Crippen molar-refractivity contribution in [2.45, 2.75) is 32.0 Å². The van der Waals surface area contributed by atoms with Crippen LogP contribution in [0.4, 0.5) is 13.2 Å². The summed E-state index contributed by atoms with van der Waals surface area (Å²) in [5.74, 6) is 0.299. The third-order valence-electron chi connectivity index (χ3n) is 2.54. The van der Waals surface area contributed by atoms with E-state index in [9.17, 15) is 13.2 Å². The van der Waals surface area contributed by atoms with Crippen LogP contribution in [0.2, 0.25) is 0 Å². The van der Waals surface area contributed by atoms with Crippen LogP contribution in [-0.2, 0) is 24.2 Å². The molecule has 2 heterocycles. The molecule has 1 N–H and O–H groups in total. The Hall–Kier alpha value is -0.950. The van der Waals surface area contributed by atoms with E-state index in [1.165, 1.54) is 0 Å². The molecular formula is C10H11F3N2OS. The van der Waals surface area contributed by atoms with E-state index in [0.29, 0.717) is 30.1 Å². The SMILES string of the molecule is FC(F)(F)CCc1nc(=S)c2c([nH]1)CCOC2. The molecule has 0 spiro atoms. The van der Waals surface area contributed by atoms with Crippen molar-refractivity contribution >= 4 is 12.2 Å². The van der Waals surface area contributed by atoms with Crippen molar-refractivity contribution in [1.82, 2.24) is 9.97 Å². The lowest BCUT2D eigenvalue weighted by Crippen LogP contribution is -2.16. The Bertz CT molecular complexity index is 470. The largest absolute Gasteiger partial charge is 0.389 e. The number of H-pyrrole nitrogens is 1. The van der Waals surface area contributed by atoms with E-state index in [2.05, 4.69) is 9.97 Å². The summed E-state index contributed by atoms with van der Waals surface area (Å²) in [6.07, 6.45) is -4.58. The minimum Gasteiger partial charge on any atom is -0.376 e. The molecule has 1 aliphatic heterocycles. The van der Waals surface area contributed by atoms with Crippen LogP contribution in [0, 0.1) is 4.64 Å². The van der Waals surface area contributed by atoms with Gasteiger partial charge in [0, 0.05) is 24.1 Å². The molecule has 1 aromatic heterocycles. The zero-order valence-electron chi connectivity index (χ0n) is 8.93. The maximum atomic E-state index is 12.1. The molecule has 0 amide bonds. The quantitative estimate of drug-likeness (QED) is 0.835. The molecule has 0 aliphatic carbocycles. The van der Waals surface area contributed by atoms with E-state index in [-0.39, 0.29) is 6.42 Å². The highest BCUT2D eigenvalue weighted by Crippen LogP contribution is 2.22. The number of rotatable bonds is 2. The van der Waals surface area contributed by atoms with Crippen LogP contribution in [0.15, 0.2) is 0 Å². The number of hydrogen-bond acceptors (Lipinski definition) is 3. The Labute approximate surface area is 101 Å². The number of hydrogen-bond donors (Lipinski definition) is 1. The first-order valence-corrected chi connectivity index (χ1v) is 5.62. The normalized spacial score (nSPS) is 15.7. The van der Waals surface area contributed by atoms with Crippen LogP contribution in [-0.4, -0.2) is 22.8 Å². The molecule has 0 fully saturated rings. The molecule has 94 valence electrons. The Morgan fingerprint density at radius 3 is 2.88 bits per heavy atom. The van der Waals surface area contributed by atoms with Gasteiger partial charge in [-0.1, -0.05) is 12.2 Å². The maximum Gasteiger partial charge on any atom is 0.389 e. The molecule has 3 nitrogen and oxygen atoms in total. The van der Waals surface area contributed by atoms with Gasteiger partial charge in [0.1, 0.15) is 10.5 Å². The predicted molar refractivity (Wildman–Crippen MR) is 57.2 cm³/mol. The van der Waals surface area contributed by atoms with Crippen LogP contribution >= 0.6 is 12.2 Å². The van der Waals surface area contributed by atoms with Gasteiger partial charge in [-0.15, -0.1) is 0 Å². The Morgan fingerprint density at radius 2 is 2.18 bits per heavy atom. The first kappa shape index (κ1) is 12.5. The molecule has 0 saturated heterocycles. The van der Waals surface area contributed by atoms with Gasteiger partial charge in [-0.3, -0.25) is 0 Å². The number of alkyl halides is 3. The molecule has 0 bridgehead atoms. The predicted octanol–water partition coefficient (Wildman–Crippen LogP) is 2.71. The minimum absolute atomic E-state index is 0.165. The van der Waals surface area contributed by atoms with Gasteiger partial charge in [0.15, 0.2) is 0 Å². The van der Waals surface area contributed by atoms with Crippen molar-refractivity contribution in [2.75, 3.05) is 6.61 Å². The Balaban J connectivity index is 2.20. The summed E-state index contributed by atoms with van der Waals surface area (Å²) in [4.78, 5) is 6.89. The van der Waals surface area contributed by atoms with Gasteiger partial charge >= 0.3 is 6.18 Å². The molecule has 17 heavy (non-hydrogen) atoms. The summed E-state index contributed by atoms with van der Waals surface area (Å²) in [6, 6.07) is 0. The van der Waals surface area contributed by atoms with Crippen molar-refractivity contribution in [2.24, 2.45) is 0 Å². The zero-order chi connectivity index (χ0) is 12.5. The van der Waals surface area contributed by atoms with Crippen molar-refractivity contribution in [3.05, 3.63) is 21.7 Å². The number of ether oxygens (including phenoxy) is 1. The third kappa shape index (κ3) is 3.26. The molecule has 1 aromatic rings. The number of fused-ring (bicyclic) bond motifs is 1. The lowest BCUT2D eigenvalue weighted by Gasteiger charge is -2.17. The molecule has 0 unspecified atom stereocenters. The number of aromatic nitrogens is 2. The van der Waals surface area contributed by atoms with Crippen LogP contribution in [0.25, 0.3) is 0 Å². The fourth-order valence-corrected chi connectivity index (χ4v) is 1.98.